The van der Waals surface area contributed by atoms with Gasteiger partial charge in [-0.2, -0.15) is 0 Å². The van der Waals surface area contributed by atoms with Crippen molar-refractivity contribution in [3.8, 4) is 10.4 Å². The summed E-state index contributed by atoms with van der Waals surface area (Å²) in [5.41, 5.74) is 1.24. The van der Waals surface area contributed by atoms with E-state index in [1.165, 1.54) is 10.4 Å². The lowest BCUT2D eigenvalue weighted by Crippen LogP contribution is -1.73. The Labute approximate surface area is 125 Å². The summed E-state index contributed by atoms with van der Waals surface area (Å²) in [4.78, 5) is 2.39. The van der Waals surface area contributed by atoms with Crippen LogP contribution in [-0.2, 0) is 0 Å². The average molecular weight is 313 g/mol. The van der Waals surface area contributed by atoms with Crippen LogP contribution in [-0.4, -0.2) is 12.5 Å². The van der Waals surface area contributed by atoms with Gasteiger partial charge < -0.3 is 0 Å². The van der Waals surface area contributed by atoms with Crippen molar-refractivity contribution in [1.29, 1.82) is 0 Å². The Morgan fingerprint density at radius 2 is 1.67 bits per heavy atom. The molecule has 0 fully saturated rings. The lowest BCUT2D eigenvalue weighted by molar-refractivity contribution is 1.70. The predicted molar refractivity (Wildman–Crippen MR) is 89.6 cm³/mol. The molecule has 0 radical (unpaired) electrons. The Balaban J connectivity index is 2.34. The summed E-state index contributed by atoms with van der Waals surface area (Å²) in [5.74, 6) is 0. The topological polar surface area (TPSA) is 0 Å². The van der Waals surface area contributed by atoms with E-state index >= 15 is 0 Å². The van der Waals surface area contributed by atoms with Crippen LogP contribution in [0.3, 0.4) is 0 Å². The van der Waals surface area contributed by atoms with E-state index in [-0.39, 0.29) is 0 Å². The molecule has 0 spiro atoms. The van der Waals surface area contributed by atoms with Gasteiger partial charge in [0.25, 0.3) is 0 Å². The van der Waals surface area contributed by atoms with Gasteiger partial charge in [0.05, 0.1) is 9.27 Å². The summed E-state index contributed by atoms with van der Waals surface area (Å²) in [6.45, 7) is 0. The molecule has 0 unspecified atom stereocenters. The van der Waals surface area contributed by atoms with Crippen LogP contribution in [0.25, 0.3) is 15.5 Å². The zero-order chi connectivity index (χ0) is 13.0. The highest BCUT2D eigenvalue weighted by molar-refractivity contribution is 8.22. The van der Waals surface area contributed by atoms with Gasteiger partial charge in [0.2, 0.25) is 0 Å². The minimum Gasteiger partial charge on any atom is -0.134 e. The molecular formula is C14H13ClS3. The Kier molecular flexibility index (Phi) is 5.25. The van der Waals surface area contributed by atoms with Gasteiger partial charge in [0, 0.05) is 9.75 Å². The molecule has 0 amide bonds. The summed E-state index contributed by atoms with van der Waals surface area (Å²) < 4.78 is 1.16. The van der Waals surface area contributed by atoms with Crippen LogP contribution in [0.4, 0.5) is 0 Å². The second-order valence-corrected chi connectivity index (χ2v) is 6.89. The Morgan fingerprint density at radius 3 is 2.28 bits per heavy atom. The molecule has 0 saturated carbocycles. The van der Waals surface area contributed by atoms with E-state index in [9.17, 15) is 0 Å². The van der Waals surface area contributed by atoms with Crippen LogP contribution in [0.2, 0.25) is 0 Å². The summed E-state index contributed by atoms with van der Waals surface area (Å²) in [6, 6.07) is 14.6. The first kappa shape index (κ1) is 14.1. The maximum atomic E-state index is 6.42. The fraction of sp³-hybridized carbons (Fsp3) is 0.143. The molecule has 0 bridgehead atoms. The van der Waals surface area contributed by atoms with Crippen molar-refractivity contribution in [3.63, 3.8) is 0 Å². The summed E-state index contributed by atoms with van der Waals surface area (Å²) in [5, 5.41) is 0.863. The molecule has 0 saturated heterocycles. The molecule has 1 heterocycles. The molecule has 0 aliphatic carbocycles. The fourth-order valence-corrected chi connectivity index (χ4v) is 4.55. The smallest absolute Gasteiger partial charge is 0.0778 e. The van der Waals surface area contributed by atoms with Crippen molar-refractivity contribution >= 4 is 51.5 Å². The molecule has 94 valence electrons. The summed E-state index contributed by atoms with van der Waals surface area (Å²) in [7, 11) is 0. The van der Waals surface area contributed by atoms with Gasteiger partial charge in [0.15, 0.2) is 0 Å². The Bertz CT molecular complexity index is 537. The quantitative estimate of drug-likeness (QED) is 0.678. The lowest BCUT2D eigenvalue weighted by atomic mass is 10.2. The largest absolute Gasteiger partial charge is 0.134 e. The van der Waals surface area contributed by atoms with E-state index < -0.39 is 0 Å². The third kappa shape index (κ3) is 3.15. The number of thioether (sulfide) groups is 2. The van der Waals surface area contributed by atoms with Crippen molar-refractivity contribution in [2.45, 2.75) is 0 Å². The van der Waals surface area contributed by atoms with Crippen molar-refractivity contribution in [2.75, 3.05) is 12.5 Å². The highest BCUT2D eigenvalue weighted by Gasteiger charge is 2.09. The van der Waals surface area contributed by atoms with Gasteiger partial charge in [-0.25, -0.2) is 0 Å². The van der Waals surface area contributed by atoms with Crippen molar-refractivity contribution < 1.29 is 0 Å². The Morgan fingerprint density at radius 1 is 1.00 bits per heavy atom. The van der Waals surface area contributed by atoms with E-state index in [0.29, 0.717) is 0 Å². The van der Waals surface area contributed by atoms with Crippen molar-refractivity contribution in [1.82, 2.24) is 0 Å². The van der Waals surface area contributed by atoms with Crippen molar-refractivity contribution in [2.24, 2.45) is 0 Å². The molecule has 2 rings (SSSR count). The zero-order valence-electron chi connectivity index (χ0n) is 10.1. The van der Waals surface area contributed by atoms with E-state index in [0.717, 1.165) is 14.1 Å². The number of rotatable bonds is 4. The maximum Gasteiger partial charge on any atom is 0.0778 e. The van der Waals surface area contributed by atoms with Gasteiger partial charge in [0.1, 0.15) is 0 Å². The molecule has 18 heavy (non-hydrogen) atoms. The van der Waals surface area contributed by atoms with Gasteiger partial charge in [-0.1, -0.05) is 41.9 Å². The first-order valence-electron chi connectivity index (χ1n) is 5.39. The van der Waals surface area contributed by atoms with Gasteiger partial charge >= 0.3 is 0 Å². The van der Waals surface area contributed by atoms with Crippen LogP contribution in [0.15, 0.2) is 46.7 Å². The third-order valence-corrected chi connectivity index (χ3v) is 6.46. The van der Waals surface area contributed by atoms with Crippen LogP contribution in [0, 0.1) is 0 Å². The second kappa shape index (κ2) is 6.71. The molecule has 1 aromatic heterocycles. The number of hydrogen-bond acceptors (Lipinski definition) is 3. The summed E-state index contributed by atoms with van der Waals surface area (Å²) in [6.07, 6.45) is 4.11. The molecule has 1 aromatic carbocycles. The van der Waals surface area contributed by atoms with E-state index in [4.69, 9.17) is 11.6 Å². The van der Waals surface area contributed by atoms with E-state index in [1.807, 2.05) is 6.07 Å². The zero-order valence-corrected chi connectivity index (χ0v) is 13.3. The number of benzene rings is 1. The molecule has 4 heteroatoms. The third-order valence-electron chi connectivity index (χ3n) is 2.43. The molecule has 0 N–H and O–H groups in total. The van der Waals surface area contributed by atoms with E-state index in [1.54, 1.807) is 34.9 Å². The maximum absolute atomic E-state index is 6.42. The van der Waals surface area contributed by atoms with Crippen LogP contribution >= 0.6 is 46.5 Å². The molecular weight excluding hydrogens is 300 g/mol. The van der Waals surface area contributed by atoms with Gasteiger partial charge in [-0.05, 0) is 30.2 Å². The normalized spacial score (nSPS) is 10.4. The van der Waals surface area contributed by atoms with E-state index in [2.05, 4.69) is 48.9 Å². The van der Waals surface area contributed by atoms with Gasteiger partial charge in [-0.3, -0.25) is 0 Å². The highest BCUT2D eigenvalue weighted by atomic mass is 35.5. The SMILES string of the molecule is CSC(SC)=C(Cl)c1ccc(-c2ccccc2)s1. The van der Waals surface area contributed by atoms with Crippen molar-refractivity contribution in [3.05, 3.63) is 51.6 Å². The standard InChI is InChI=1S/C14H13ClS3/c1-16-14(17-2)13(15)12-9-8-11(18-12)10-6-4-3-5-7-10/h3-9H,1-2H3. The highest BCUT2D eigenvalue weighted by Crippen LogP contribution is 2.40. The average Bonchev–Trinajstić information content (AvgIpc) is 2.90. The van der Waals surface area contributed by atoms with Crippen LogP contribution < -0.4 is 0 Å². The summed E-state index contributed by atoms with van der Waals surface area (Å²) >= 11 is 11.5. The first-order valence-corrected chi connectivity index (χ1v) is 9.04. The Hall–Kier alpha value is -0.350. The molecule has 0 nitrogen and oxygen atoms in total. The number of hydrogen-bond donors (Lipinski definition) is 0. The second-order valence-electron chi connectivity index (χ2n) is 3.54. The number of halogens is 1. The minimum absolute atomic E-state index is 0.863. The lowest BCUT2D eigenvalue weighted by Gasteiger charge is -2.02. The van der Waals surface area contributed by atoms with Crippen LogP contribution in [0.5, 0.6) is 0 Å². The molecule has 0 atom stereocenters. The number of thiophene rings is 1. The minimum atomic E-state index is 0.863. The fourth-order valence-electron chi connectivity index (χ4n) is 1.58. The monoisotopic (exact) mass is 312 g/mol. The predicted octanol–water partition coefficient (Wildman–Crippen LogP) is 6.01. The first-order chi connectivity index (χ1) is 8.76. The van der Waals surface area contributed by atoms with Crippen LogP contribution in [0.1, 0.15) is 4.88 Å². The molecule has 2 aromatic rings. The van der Waals surface area contributed by atoms with Gasteiger partial charge in [-0.15, -0.1) is 34.9 Å². The molecule has 0 aliphatic heterocycles. The molecule has 0 aliphatic rings.